The van der Waals surface area contributed by atoms with Crippen LogP contribution in [-0.2, 0) is 6.61 Å². The molecule has 0 unspecified atom stereocenters. The highest BCUT2D eigenvalue weighted by Crippen LogP contribution is 2.17. The Morgan fingerprint density at radius 1 is 1.22 bits per heavy atom. The molecule has 0 aliphatic carbocycles. The van der Waals surface area contributed by atoms with Crippen molar-refractivity contribution >= 4 is 11.9 Å². The monoisotopic (exact) mass is 313 g/mol. The van der Waals surface area contributed by atoms with E-state index in [0.717, 1.165) is 5.69 Å². The van der Waals surface area contributed by atoms with E-state index in [1.165, 1.54) is 11.0 Å². The number of nitrogens with two attached hydrogens (primary N) is 1. The van der Waals surface area contributed by atoms with Gasteiger partial charge in [0.2, 0.25) is 11.9 Å². The Labute approximate surface area is 131 Å². The number of tetrazole rings is 1. The van der Waals surface area contributed by atoms with Gasteiger partial charge in [0, 0.05) is 20.2 Å². The molecular formula is C13H15N9O. The van der Waals surface area contributed by atoms with Crippen LogP contribution in [0.25, 0.3) is 5.69 Å². The fraction of sp³-hybridized carbons (Fsp3) is 0.231. The number of nitrogens with zero attached hydrogens (tertiary/aromatic N) is 8. The maximum atomic E-state index is 5.71. The smallest absolute Gasteiger partial charge is 0.230 e. The van der Waals surface area contributed by atoms with Crippen molar-refractivity contribution < 1.29 is 4.74 Å². The molecule has 0 radical (unpaired) electrons. The highest BCUT2D eigenvalue weighted by molar-refractivity contribution is 5.38. The number of ether oxygens (including phenoxy) is 1. The molecule has 118 valence electrons. The zero-order valence-corrected chi connectivity index (χ0v) is 12.7. The lowest BCUT2D eigenvalue weighted by Gasteiger charge is -2.12. The average Bonchev–Trinajstić information content (AvgIpc) is 3.07. The largest absolute Gasteiger partial charge is 0.486 e. The van der Waals surface area contributed by atoms with Crippen molar-refractivity contribution in [1.29, 1.82) is 0 Å². The van der Waals surface area contributed by atoms with Crippen molar-refractivity contribution in [1.82, 2.24) is 35.2 Å². The molecule has 10 heteroatoms. The molecule has 3 aromatic rings. The van der Waals surface area contributed by atoms with Crippen LogP contribution in [0.2, 0.25) is 0 Å². The first-order chi connectivity index (χ1) is 11.1. The summed E-state index contributed by atoms with van der Waals surface area (Å²) in [5.41, 5.74) is 6.47. The molecule has 0 bridgehead atoms. The second-order valence-electron chi connectivity index (χ2n) is 4.84. The third kappa shape index (κ3) is 3.48. The molecule has 10 nitrogen and oxygen atoms in total. The third-order valence-electron chi connectivity index (χ3n) is 2.89. The molecule has 0 atom stereocenters. The molecule has 23 heavy (non-hydrogen) atoms. The van der Waals surface area contributed by atoms with Crippen molar-refractivity contribution in [2.75, 3.05) is 24.7 Å². The SMILES string of the molecule is CN(C)c1nc(N)nc(COc2cccc(-n3cnnn3)c2)n1. The Morgan fingerprint density at radius 2 is 2.09 bits per heavy atom. The van der Waals surface area contributed by atoms with Crippen LogP contribution in [0.1, 0.15) is 5.82 Å². The van der Waals surface area contributed by atoms with E-state index in [9.17, 15) is 0 Å². The normalized spacial score (nSPS) is 10.5. The van der Waals surface area contributed by atoms with Crippen molar-refractivity contribution in [3.63, 3.8) is 0 Å². The molecular weight excluding hydrogens is 298 g/mol. The van der Waals surface area contributed by atoms with Crippen LogP contribution in [0, 0.1) is 0 Å². The Bertz CT molecular complexity index is 788. The van der Waals surface area contributed by atoms with Gasteiger partial charge in [0.1, 0.15) is 18.7 Å². The maximum Gasteiger partial charge on any atom is 0.230 e. The highest BCUT2D eigenvalue weighted by atomic mass is 16.5. The molecule has 2 N–H and O–H groups in total. The van der Waals surface area contributed by atoms with Crippen LogP contribution in [0.15, 0.2) is 30.6 Å². The number of anilines is 2. The zero-order chi connectivity index (χ0) is 16.2. The van der Waals surface area contributed by atoms with E-state index in [0.29, 0.717) is 17.5 Å². The topological polar surface area (TPSA) is 121 Å². The van der Waals surface area contributed by atoms with Gasteiger partial charge in [-0.3, -0.25) is 0 Å². The van der Waals surface area contributed by atoms with E-state index in [1.807, 2.05) is 38.4 Å². The van der Waals surface area contributed by atoms with Crippen LogP contribution in [0.5, 0.6) is 5.75 Å². The quantitative estimate of drug-likeness (QED) is 0.697. The minimum atomic E-state index is 0.157. The van der Waals surface area contributed by atoms with Crippen molar-refractivity contribution in [2.45, 2.75) is 6.61 Å². The number of rotatable bonds is 5. The molecule has 3 rings (SSSR count). The number of hydrogen-bond donors (Lipinski definition) is 1. The van der Waals surface area contributed by atoms with Gasteiger partial charge in [-0.15, -0.1) is 5.10 Å². The molecule has 0 saturated heterocycles. The molecule has 0 spiro atoms. The fourth-order valence-electron chi connectivity index (χ4n) is 1.83. The summed E-state index contributed by atoms with van der Waals surface area (Å²) in [7, 11) is 3.66. The zero-order valence-electron chi connectivity index (χ0n) is 12.7. The van der Waals surface area contributed by atoms with Gasteiger partial charge in [-0.2, -0.15) is 15.0 Å². The van der Waals surface area contributed by atoms with Crippen LogP contribution >= 0.6 is 0 Å². The van der Waals surface area contributed by atoms with Gasteiger partial charge in [0.05, 0.1) is 5.69 Å². The first-order valence-corrected chi connectivity index (χ1v) is 6.76. The van der Waals surface area contributed by atoms with Crippen molar-refractivity contribution in [3.8, 4) is 11.4 Å². The predicted octanol–water partition coefficient (Wildman–Crippen LogP) is 0.0745. The number of aromatic nitrogens is 7. The standard InChI is InChI=1S/C13H15N9O/c1-21(2)13-17-11(16-12(14)18-13)7-23-10-5-3-4-9(6-10)22-8-15-19-20-22/h3-6,8H,7H2,1-2H3,(H2,14,16,17,18). The molecule has 0 saturated carbocycles. The summed E-state index contributed by atoms with van der Waals surface area (Å²) in [4.78, 5) is 14.1. The Balaban J connectivity index is 1.75. The Morgan fingerprint density at radius 3 is 2.83 bits per heavy atom. The molecule has 0 aliphatic heterocycles. The maximum absolute atomic E-state index is 5.71. The summed E-state index contributed by atoms with van der Waals surface area (Å²) in [5, 5.41) is 11.0. The Kier molecular flexibility index (Phi) is 3.95. The Hall–Kier alpha value is -3.30. The van der Waals surface area contributed by atoms with Gasteiger partial charge >= 0.3 is 0 Å². The lowest BCUT2D eigenvalue weighted by Crippen LogP contribution is -2.16. The molecule has 1 aromatic carbocycles. The summed E-state index contributed by atoms with van der Waals surface area (Å²) in [6.45, 7) is 0.173. The van der Waals surface area contributed by atoms with E-state index in [1.54, 1.807) is 4.90 Å². The first-order valence-electron chi connectivity index (χ1n) is 6.76. The van der Waals surface area contributed by atoms with E-state index >= 15 is 0 Å². The minimum absolute atomic E-state index is 0.157. The molecule has 2 heterocycles. The summed E-state index contributed by atoms with van der Waals surface area (Å²) >= 11 is 0. The van der Waals surface area contributed by atoms with E-state index in [4.69, 9.17) is 10.5 Å². The number of hydrogen-bond acceptors (Lipinski definition) is 9. The van der Waals surface area contributed by atoms with E-state index in [2.05, 4.69) is 30.5 Å². The molecule has 0 fully saturated rings. The van der Waals surface area contributed by atoms with Gasteiger partial charge in [-0.05, 0) is 22.6 Å². The van der Waals surface area contributed by atoms with Gasteiger partial charge in [0.15, 0.2) is 5.82 Å². The second kappa shape index (κ2) is 6.22. The lowest BCUT2D eigenvalue weighted by molar-refractivity contribution is 0.295. The van der Waals surface area contributed by atoms with Crippen LogP contribution < -0.4 is 15.4 Å². The third-order valence-corrected chi connectivity index (χ3v) is 2.89. The van der Waals surface area contributed by atoms with Crippen molar-refractivity contribution in [2.24, 2.45) is 0 Å². The average molecular weight is 313 g/mol. The lowest BCUT2D eigenvalue weighted by atomic mass is 10.3. The molecule has 0 aliphatic rings. The number of benzene rings is 1. The summed E-state index contributed by atoms with van der Waals surface area (Å²) in [5.74, 6) is 1.74. The minimum Gasteiger partial charge on any atom is -0.486 e. The predicted molar refractivity (Wildman–Crippen MR) is 82.1 cm³/mol. The van der Waals surface area contributed by atoms with Gasteiger partial charge in [-0.25, -0.2) is 4.68 Å². The second-order valence-corrected chi connectivity index (χ2v) is 4.84. The summed E-state index contributed by atoms with van der Waals surface area (Å²) in [6.07, 6.45) is 1.51. The fourth-order valence-corrected chi connectivity index (χ4v) is 1.83. The van der Waals surface area contributed by atoms with Gasteiger partial charge < -0.3 is 15.4 Å². The van der Waals surface area contributed by atoms with Crippen LogP contribution in [0.4, 0.5) is 11.9 Å². The first kappa shape index (κ1) is 14.6. The van der Waals surface area contributed by atoms with E-state index in [-0.39, 0.29) is 12.6 Å². The summed E-state index contributed by atoms with van der Waals surface area (Å²) < 4.78 is 7.25. The van der Waals surface area contributed by atoms with Crippen LogP contribution in [-0.4, -0.2) is 49.3 Å². The van der Waals surface area contributed by atoms with E-state index < -0.39 is 0 Å². The van der Waals surface area contributed by atoms with Gasteiger partial charge in [-0.1, -0.05) is 6.07 Å². The summed E-state index contributed by atoms with van der Waals surface area (Å²) in [6, 6.07) is 7.35. The van der Waals surface area contributed by atoms with Crippen molar-refractivity contribution in [3.05, 3.63) is 36.4 Å². The number of nitrogen functional groups attached to an aromatic ring is 1. The van der Waals surface area contributed by atoms with Gasteiger partial charge in [0.25, 0.3) is 0 Å². The highest BCUT2D eigenvalue weighted by Gasteiger charge is 2.07. The van der Waals surface area contributed by atoms with Crippen LogP contribution in [0.3, 0.4) is 0 Å². The molecule has 2 aromatic heterocycles. The molecule has 0 amide bonds.